The van der Waals surface area contributed by atoms with Gasteiger partial charge in [0.15, 0.2) is 0 Å². The van der Waals surface area contributed by atoms with E-state index in [4.69, 9.17) is 28.4 Å². The average Bonchev–Trinajstić information content (AvgIpc) is 2.92. The Morgan fingerprint density at radius 2 is 1.40 bits per heavy atom. The van der Waals surface area contributed by atoms with Crippen LogP contribution < -0.4 is 14.2 Å². The molecule has 7 heteroatoms. The van der Waals surface area contributed by atoms with Crippen LogP contribution in [0.3, 0.4) is 0 Å². The molecule has 3 atom stereocenters. The molecule has 7 nitrogen and oxygen atoms in total. The highest BCUT2D eigenvalue weighted by molar-refractivity contribution is 5.94. The number of rotatable bonds is 8. The lowest BCUT2D eigenvalue weighted by Crippen LogP contribution is -2.35. The zero-order valence-corrected chi connectivity index (χ0v) is 20.4. The summed E-state index contributed by atoms with van der Waals surface area (Å²) in [6.45, 7) is 0.362. The summed E-state index contributed by atoms with van der Waals surface area (Å²) in [7, 11) is 6.17. The van der Waals surface area contributed by atoms with Crippen LogP contribution in [0.2, 0.25) is 0 Å². The van der Waals surface area contributed by atoms with E-state index in [1.165, 1.54) is 14.2 Å². The smallest absolute Gasteiger partial charge is 0.341 e. The third kappa shape index (κ3) is 5.42. The van der Waals surface area contributed by atoms with Gasteiger partial charge in [0.1, 0.15) is 35.0 Å². The molecule has 35 heavy (non-hydrogen) atoms. The van der Waals surface area contributed by atoms with Crippen molar-refractivity contribution < 1.29 is 33.2 Å². The van der Waals surface area contributed by atoms with Crippen LogP contribution in [0.5, 0.6) is 17.2 Å². The van der Waals surface area contributed by atoms with E-state index in [1.54, 1.807) is 20.3 Å². The summed E-state index contributed by atoms with van der Waals surface area (Å²) in [6.07, 6.45) is -0.493. The topological polar surface area (TPSA) is 72.5 Å². The van der Waals surface area contributed by atoms with Crippen LogP contribution >= 0.6 is 0 Å². The highest BCUT2D eigenvalue weighted by Gasteiger charge is 2.35. The van der Waals surface area contributed by atoms with Gasteiger partial charge in [0, 0.05) is 6.42 Å². The van der Waals surface area contributed by atoms with Gasteiger partial charge in [-0.25, -0.2) is 4.79 Å². The molecule has 1 aliphatic heterocycles. The second-order valence-electron chi connectivity index (χ2n) is 8.17. The molecule has 3 aromatic rings. The second-order valence-corrected chi connectivity index (χ2v) is 8.17. The van der Waals surface area contributed by atoms with Crippen molar-refractivity contribution >= 4 is 5.97 Å². The van der Waals surface area contributed by atoms with E-state index in [9.17, 15) is 4.79 Å². The Kier molecular flexibility index (Phi) is 7.90. The molecule has 0 amide bonds. The van der Waals surface area contributed by atoms with Crippen molar-refractivity contribution in [3.63, 3.8) is 0 Å². The Hall–Kier alpha value is -3.55. The molecule has 0 aromatic heterocycles. The van der Waals surface area contributed by atoms with E-state index >= 15 is 0 Å². The van der Waals surface area contributed by atoms with Crippen LogP contribution in [-0.2, 0) is 20.6 Å². The van der Waals surface area contributed by atoms with Crippen LogP contribution in [0, 0.1) is 0 Å². The molecule has 0 aliphatic carbocycles. The summed E-state index contributed by atoms with van der Waals surface area (Å²) in [5, 5.41) is 0. The van der Waals surface area contributed by atoms with Gasteiger partial charge in [-0.15, -0.1) is 0 Å². The number of esters is 1. The zero-order chi connectivity index (χ0) is 24.8. The van der Waals surface area contributed by atoms with Gasteiger partial charge in [-0.2, -0.15) is 0 Å². The summed E-state index contributed by atoms with van der Waals surface area (Å²) in [6, 6.07) is 21.1. The van der Waals surface area contributed by atoms with Crippen LogP contribution in [0.15, 0.2) is 66.7 Å². The maximum absolute atomic E-state index is 12.5. The minimum atomic E-state index is -0.447. The fourth-order valence-corrected chi connectivity index (χ4v) is 4.33. The molecular weight excluding hydrogens is 448 g/mol. The maximum atomic E-state index is 12.5. The van der Waals surface area contributed by atoms with Gasteiger partial charge in [-0.3, -0.25) is 0 Å². The van der Waals surface area contributed by atoms with Gasteiger partial charge < -0.3 is 28.4 Å². The van der Waals surface area contributed by atoms with E-state index in [2.05, 4.69) is 0 Å². The van der Waals surface area contributed by atoms with Crippen molar-refractivity contribution in [3.05, 3.63) is 89.0 Å². The maximum Gasteiger partial charge on any atom is 0.341 e. The fraction of sp³-hybridized carbons (Fsp3) is 0.321. The molecule has 0 bridgehead atoms. The first kappa shape index (κ1) is 24.6. The molecule has 0 saturated carbocycles. The van der Waals surface area contributed by atoms with E-state index in [-0.39, 0.29) is 18.3 Å². The largest absolute Gasteiger partial charge is 0.497 e. The van der Waals surface area contributed by atoms with E-state index in [0.29, 0.717) is 24.3 Å². The predicted molar refractivity (Wildman–Crippen MR) is 130 cm³/mol. The number of hydrogen-bond donors (Lipinski definition) is 0. The summed E-state index contributed by atoms with van der Waals surface area (Å²) < 4.78 is 34.0. The molecule has 1 heterocycles. The molecule has 3 aromatic carbocycles. The molecule has 1 fully saturated rings. The molecule has 4 rings (SSSR count). The summed E-state index contributed by atoms with van der Waals surface area (Å²) in [5.74, 6) is 1.56. The quantitative estimate of drug-likeness (QED) is 0.425. The first-order valence-electron chi connectivity index (χ1n) is 11.4. The van der Waals surface area contributed by atoms with E-state index in [1.807, 2.05) is 60.7 Å². The average molecular weight is 479 g/mol. The summed E-state index contributed by atoms with van der Waals surface area (Å²) in [5.41, 5.74) is 3.14. The third-order valence-corrected chi connectivity index (χ3v) is 6.13. The standard InChI is InChI=1S/C28H30O7/c1-30-21-12-8-18(9-13-21)26-27(19-10-14-22(31-2)15-11-19)35-23(17-34-26)16-20-6-5-7-24(32-3)25(20)28(29)33-4/h5-15,23,26-27H,16-17H2,1-4H3/t23-,26+,27+/m1/s1. The Morgan fingerprint density at radius 3 is 1.94 bits per heavy atom. The Bertz CT molecular complexity index is 1130. The second kappa shape index (κ2) is 11.3. The Morgan fingerprint density at radius 1 is 0.800 bits per heavy atom. The molecule has 0 unspecified atom stereocenters. The fourth-order valence-electron chi connectivity index (χ4n) is 4.33. The van der Waals surface area contributed by atoms with Gasteiger partial charge in [0.2, 0.25) is 0 Å². The van der Waals surface area contributed by atoms with Crippen LogP contribution in [0.4, 0.5) is 0 Å². The summed E-state index contributed by atoms with van der Waals surface area (Å²) in [4.78, 5) is 12.5. The number of benzene rings is 3. The molecule has 1 saturated heterocycles. The SMILES string of the molecule is COC(=O)c1c(C[C@@H]2CO[C@@H](c3ccc(OC)cc3)[C@H](c3ccc(OC)cc3)O2)cccc1OC. The minimum absolute atomic E-state index is 0.285. The number of ether oxygens (including phenoxy) is 6. The number of carbonyl (C=O) groups excluding carboxylic acids is 1. The van der Waals surface area contributed by atoms with Gasteiger partial charge in [-0.05, 0) is 47.0 Å². The first-order valence-corrected chi connectivity index (χ1v) is 11.4. The molecule has 184 valence electrons. The first-order chi connectivity index (χ1) is 17.1. The molecule has 0 N–H and O–H groups in total. The monoisotopic (exact) mass is 478 g/mol. The highest BCUT2D eigenvalue weighted by atomic mass is 16.6. The van der Waals surface area contributed by atoms with Gasteiger partial charge >= 0.3 is 5.97 Å². The zero-order valence-electron chi connectivity index (χ0n) is 20.4. The predicted octanol–water partition coefficient (Wildman–Crippen LogP) is 4.94. The molecule has 0 radical (unpaired) electrons. The van der Waals surface area contributed by atoms with Crippen LogP contribution in [-0.4, -0.2) is 47.1 Å². The van der Waals surface area contributed by atoms with Crippen LogP contribution in [0.1, 0.15) is 39.3 Å². The lowest BCUT2D eigenvalue weighted by molar-refractivity contribution is -0.185. The normalized spacial score (nSPS) is 19.6. The van der Waals surface area contributed by atoms with Crippen molar-refractivity contribution in [2.75, 3.05) is 35.0 Å². The lowest BCUT2D eigenvalue weighted by Gasteiger charge is -2.37. The number of carbonyl (C=O) groups is 1. The minimum Gasteiger partial charge on any atom is -0.497 e. The lowest BCUT2D eigenvalue weighted by atomic mass is 9.95. The molecular formula is C28H30O7. The van der Waals surface area contributed by atoms with Gasteiger partial charge in [0.25, 0.3) is 0 Å². The third-order valence-electron chi connectivity index (χ3n) is 6.13. The van der Waals surface area contributed by atoms with E-state index in [0.717, 1.165) is 28.2 Å². The van der Waals surface area contributed by atoms with Gasteiger partial charge in [-0.1, -0.05) is 36.4 Å². The molecule has 1 aliphatic rings. The van der Waals surface area contributed by atoms with Crippen molar-refractivity contribution in [3.8, 4) is 17.2 Å². The van der Waals surface area contributed by atoms with Crippen molar-refractivity contribution in [2.24, 2.45) is 0 Å². The number of hydrogen-bond acceptors (Lipinski definition) is 7. The summed E-state index contributed by atoms with van der Waals surface area (Å²) >= 11 is 0. The van der Waals surface area contributed by atoms with E-state index < -0.39 is 5.97 Å². The Balaban J connectivity index is 1.63. The van der Waals surface area contributed by atoms with Crippen LogP contribution in [0.25, 0.3) is 0 Å². The van der Waals surface area contributed by atoms with Gasteiger partial charge in [0.05, 0.1) is 41.2 Å². The van der Waals surface area contributed by atoms with Crippen molar-refractivity contribution in [2.45, 2.75) is 24.7 Å². The number of methoxy groups -OCH3 is 4. The highest BCUT2D eigenvalue weighted by Crippen LogP contribution is 2.41. The van der Waals surface area contributed by atoms with Crippen molar-refractivity contribution in [1.29, 1.82) is 0 Å². The van der Waals surface area contributed by atoms with Crippen molar-refractivity contribution in [1.82, 2.24) is 0 Å². The Labute approximate surface area is 205 Å². The molecule has 0 spiro atoms.